The lowest BCUT2D eigenvalue weighted by Gasteiger charge is -2.47. The number of nitrogens with zero attached hydrogens (tertiary/aromatic N) is 3. The van der Waals surface area contributed by atoms with Crippen molar-refractivity contribution in [3.8, 4) is 11.3 Å². The molecule has 1 saturated heterocycles. The second-order valence-electron chi connectivity index (χ2n) is 8.97. The molecule has 2 aliphatic heterocycles. The lowest BCUT2D eigenvalue weighted by atomic mass is 9.63. The lowest BCUT2D eigenvalue weighted by molar-refractivity contribution is 0.0287. The van der Waals surface area contributed by atoms with E-state index in [1.165, 1.54) is 19.3 Å². The molecule has 1 N–H and O–H groups in total. The summed E-state index contributed by atoms with van der Waals surface area (Å²) >= 11 is 0. The number of hydrogen-bond donors (Lipinski definition) is 1. The minimum absolute atomic E-state index is 0.0373. The molecule has 6 nitrogen and oxygen atoms in total. The van der Waals surface area contributed by atoms with Crippen LogP contribution in [0.25, 0.3) is 16.8 Å². The van der Waals surface area contributed by atoms with E-state index >= 15 is 0 Å². The molecule has 0 bridgehead atoms. The van der Waals surface area contributed by atoms with Crippen molar-refractivity contribution < 1.29 is 9.59 Å². The number of nitrogens with one attached hydrogen (secondary N) is 1. The Morgan fingerprint density at radius 2 is 1.90 bits per heavy atom. The summed E-state index contributed by atoms with van der Waals surface area (Å²) in [7, 11) is 0. The summed E-state index contributed by atoms with van der Waals surface area (Å²) in [6.07, 6.45) is 7.94. The van der Waals surface area contributed by atoms with Gasteiger partial charge in [0.05, 0.1) is 23.0 Å². The van der Waals surface area contributed by atoms with Gasteiger partial charge in [-0.05, 0) is 54.9 Å². The molecule has 6 rings (SSSR count). The summed E-state index contributed by atoms with van der Waals surface area (Å²) in [6.45, 7) is 2.27. The number of benzene rings is 1. The van der Waals surface area contributed by atoms with Crippen LogP contribution in [0.3, 0.4) is 0 Å². The number of pyridine rings is 1. The molecule has 3 aromatic rings. The van der Waals surface area contributed by atoms with E-state index in [-0.39, 0.29) is 11.8 Å². The summed E-state index contributed by atoms with van der Waals surface area (Å²) < 4.78 is 1.82. The number of likely N-dealkylation sites (tertiary alicyclic amines) is 1. The van der Waals surface area contributed by atoms with Gasteiger partial charge < -0.3 is 10.2 Å². The third-order valence-corrected chi connectivity index (χ3v) is 7.39. The minimum Gasteiger partial charge on any atom is -0.348 e. The molecular formula is C24H24N4O2. The van der Waals surface area contributed by atoms with Gasteiger partial charge in [-0.3, -0.25) is 9.59 Å². The Morgan fingerprint density at radius 3 is 2.67 bits per heavy atom. The Balaban J connectivity index is 1.33. The fourth-order valence-electron chi connectivity index (χ4n) is 5.30. The van der Waals surface area contributed by atoms with Crippen LogP contribution in [0, 0.1) is 5.41 Å². The molecule has 1 saturated carbocycles. The first-order valence-electron chi connectivity index (χ1n) is 10.8. The van der Waals surface area contributed by atoms with E-state index in [2.05, 4.69) is 10.4 Å². The average molecular weight is 400 g/mol. The molecule has 4 heterocycles. The number of rotatable bonds is 2. The van der Waals surface area contributed by atoms with Crippen LogP contribution in [-0.4, -0.2) is 39.4 Å². The zero-order valence-corrected chi connectivity index (χ0v) is 16.9. The first-order valence-corrected chi connectivity index (χ1v) is 10.8. The predicted octanol–water partition coefficient (Wildman–Crippen LogP) is 3.65. The normalized spacial score (nSPS) is 19.6. The van der Waals surface area contributed by atoms with Crippen molar-refractivity contribution in [3.63, 3.8) is 0 Å². The van der Waals surface area contributed by atoms with Crippen molar-refractivity contribution in [1.29, 1.82) is 0 Å². The van der Waals surface area contributed by atoms with Crippen LogP contribution < -0.4 is 5.32 Å². The highest BCUT2D eigenvalue weighted by Gasteiger charge is 2.40. The topological polar surface area (TPSA) is 66.7 Å². The van der Waals surface area contributed by atoms with E-state index in [9.17, 15) is 9.59 Å². The van der Waals surface area contributed by atoms with Crippen LogP contribution in [0.5, 0.6) is 0 Å². The molecule has 3 aliphatic rings. The molecule has 6 heteroatoms. The molecule has 1 spiro atoms. The lowest BCUT2D eigenvalue weighted by Crippen LogP contribution is -2.45. The highest BCUT2D eigenvalue weighted by Crippen LogP contribution is 2.49. The first-order chi connectivity index (χ1) is 14.6. The van der Waals surface area contributed by atoms with Crippen molar-refractivity contribution in [1.82, 2.24) is 19.8 Å². The highest BCUT2D eigenvalue weighted by molar-refractivity contribution is 6.01. The molecule has 0 unspecified atom stereocenters. The SMILES string of the molecule is O=C1NCc2ccc(-c3cccc4c(C(=O)N5CCC6(CCC6)CC5)cnn34)cc21. The van der Waals surface area contributed by atoms with Crippen LogP contribution in [0.15, 0.2) is 42.6 Å². The quantitative estimate of drug-likeness (QED) is 0.714. The Kier molecular flexibility index (Phi) is 3.79. The van der Waals surface area contributed by atoms with E-state index in [1.54, 1.807) is 6.20 Å². The van der Waals surface area contributed by atoms with Crippen molar-refractivity contribution in [2.24, 2.45) is 5.41 Å². The number of aromatic nitrogens is 2. The van der Waals surface area contributed by atoms with Crippen molar-refractivity contribution in [3.05, 3.63) is 59.3 Å². The van der Waals surface area contributed by atoms with Crippen molar-refractivity contribution in [2.75, 3.05) is 13.1 Å². The van der Waals surface area contributed by atoms with Gasteiger partial charge in [-0.25, -0.2) is 4.52 Å². The molecule has 1 aromatic carbocycles. The van der Waals surface area contributed by atoms with Gasteiger partial charge in [0.15, 0.2) is 0 Å². The summed E-state index contributed by atoms with van der Waals surface area (Å²) in [4.78, 5) is 27.3. The fourth-order valence-corrected chi connectivity index (χ4v) is 5.30. The van der Waals surface area contributed by atoms with E-state index < -0.39 is 0 Å². The molecule has 30 heavy (non-hydrogen) atoms. The van der Waals surface area contributed by atoms with Gasteiger partial charge in [0.1, 0.15) is 0 Å². The van der Waals surface area contributed by atoms with E-state index in [1.807, 2.05) is 45.8 Å². The van der Waals surface area contributed by atoms with E-state index in [0.29, 0.717) is 23.1 Å². The summed E-state index contributed by atoms with van der Waals surface area (Å²) in [5, 5.41) is 7.41. The Bertz CT molecular complexity index is 1180. The predicted molar refractivity (Wildman–Crippen MR) is 113 cm³/mol. The van der Waals surface area contributed by atoms with Gasteiger partial charge in [0, 0.05) is 30.8 Å². The van der Waals surface area contributed by atoms with E-state index in [0.717, 1.165) is 48.3 Å². The molecule has 1 aliphatic carbocycles. The van der Waals surface area contributed by atoms with Crippen LogP contribution in [0.1, 0.15) is 58.4 Å². The highest BCUT2D eigenvalue weighted by atomic mass is 16.2. The minimum atomic E-state index is -0.0373. The standard InChI is InChI=1S/C24H24N4O2/c29-22-18-13-16(5-6-17(18)14-25-22)20-3-1-4-21-19(15-26-28(20)21)23(30)27-11-9-24(10-12-27)7-2-8-24/h1,3-6,13,15H,2,7-12,14H2,(H,25,29). The van der Waals surface area contributed by atoms with Gasteiger partial charge in [0.2, 0.25) is 0 Å². The van der Waals surface area contributed by atoms with Gasteiger partial charge in [0.25, 0.3) is 11.8 Å². The van der Waals surface area contributed by atoms with Crippen molar-refractivity contribution >= 4 is 17.3 Å². The molecule has 2 amide bonds. The fraction of sp³-hybridized carbons (Fsp3) is 0.375. The zero-order chi connectivity index (χ0) is 20.3. The maximum absolute atomic E-state index is 13.3. The van der Waals surface area contributed by atoms with Gasteiger partial charge in [-0.2, -0.15) is 5.10 Å². The summed E-state index contributed by atoms with van der Waals surface area (Å²) in [5.41, 5.74) is 5.51. The second-order valence-corrected chi connectivity index (χ2v) is 8.97. The number of carbonyl (C=O) groups excluding carboxylic acids is 2. The van der Waals surface area contributed by atoms with Crippen LogP contribution in [0.2, 0.25) is 0 Å². The van der Waals surface area contributed by atoms with Gasteiger partial charge in [-0.15, -0.1) is 0 Å². The maximum Gasteiger partial charge on any atom is 0.257 e. The average Bonchev–Trinajstić information content (AvgIpc) is 3.36. The second kappa shape index (κ2) is 6.42. The third-order valence-electron chi connectivity index (χ3n) is 7.39. The molecule has 152 valence electrons. The third kappa shape index (κ3) is 2.59. The van der Waals surface area contributed by atoms with Gasteiger partial charge >= 0.3 is 0 Å². The Morgan fingerprint density at radius 1 is 1.07 bits per heavy atom. The largest absolute Gasteiger partial charge is 0.348 e. The summed E-state index contributed by atoms with van der Waals surface area (Å²) in [5.74, 6) is 0.0364. The molecule has 0 atom stereocenters. The Labute approximate surface area is 174 Å². The Hall–Kier alpha value is -3.15. The summed E-state index contributed by atoms with van der Waals surface area (Å²) in [6, 6.07) is 11.8. The van der Waals surface area contributed by atoms with Crippen molar-refractivity contribution in [2.45, 2.75) is 38.6 Å². The van der Waals surface area contributed by atoms with Crippen LogP contribution in [0.4, 0.5) is 0 Å². The molecule has 2 fully saturated rings. The number of piperidine rings is 1. The molecular weight excluding hydrogens is 376 g/mol. The maximum atomic E-state index is 13.3. The number of fused-ring (bicyclic) bond motifs is 2. The van der Waals surface area contributed by atoms with Crippen LogP contribution in [-0.2, 0) is 6.54 Å². The van der Waals surface area contributed by atoms with Crippen LogP contribution >= 0.6 is 0 Å². The number of carbonyl (C=O) groups is 2. The first kappa shape index (κ1) is 17.7. The monoisotopic (exact) mass is 400 g/mol. The molecule has 2 aromatic heterocycles. The number of amides is 2. The van der Waals surface area contributed by atoms with E-state index in [4.69, 9.17) is 0 Å². The smallest absolute Gasteiger partial charge is 0.257 e. The number of hydrogen-bond acceptors (Lipinski definition) is 3. The molecule has 0 radical (unpaired) electrons. The zero-order valence-electron chi connectivity index (χ0n) is 16.9. The van der Waals surface area contributed by atoms with Gasteiger partial charge in [-0.1, -0.05) is 24.6 Å².